The summed E-state index contributed by atoms with van der Waals surface area (Å²) in [5.74, 6) is 1.20. The molecule has 0 bridgehead atoms. The van der Waals surface area contributed by atoms with Crippen LogP contribution in [0.25, 0.3) is 11.5 Å². The second-order valence-corrected chi connectivity index (χ2v) is 5.87. The van der Waals surface area contributed by atoms with E-state index in [4.69, 9.17) is 4.42 Å². The number of hydrogen-bond acceptors (Lipinski definition) is 4. The number of aryl methyl sites for hydroxylation is 1. The minimum atomic E-state index is 0.107. The van der Waals surface area contributed by atoms with Gasteiger partial charge < -0.3 is 9.73 Å². The molecule has 1 aromatic heterocycles. The molecule has 1 amide bonds. The second-order valence-electron chi connectivity index (χ2n) is 5.87. The molecule has 1 fully saturated rings. The van der Waals surface area contributed by atoms with Crippen molar-refractivity contribution in [2.75, 3.05) is 0 Å². The lowest BCUT2D eigenvalue weighted by molar-refractivity contribution is -0.126. The quantitative estimate of drug-likeness (QED) is 0.941. The normalized spacial score (nSPS) is 15.7. The van der Waals surface area contributed by atoms with E-state index in [2.05, 4.69) is 15.5 Å². The molecular weight excluding hydrogens is 278 g/mol. The maximum atomic E-state index is 12.1. The van der Waals surface area contributed by atoms with Crippen molar-refractivity contribution in [3.63, 3.8) is 0 Å². The summed E-state index contributed by atoms with van der Waals surface area (Å²) in [6, 6.07) is 7.87. The lowest BCUT2D eigenvalue weighted by Crippen LogP contribution is -2.31. The smallest absolute Gasteiger partial charge is 0.248 e. The average molecular weight is 299 g/mol. The first-order valence-corrected chi connectivity index (χ1v) is 7.90. The van der Waals surface area contributed by atoms with Crippen LogP contribution < -0.4 is 5.32 Å². The topological polar surface area (TPSA) is 68.0 Å². The predicted octanol–water partition coefficient (Wildman–Crippen LogP) is 3.24. The zero-order valence-corrected chi connectivity index (χ0v) is 12.8. The van der Waals surface area contributed by atoms with Crippen LogP contribution in [0.5, 0.6) is 0 Å². The third kappa shape index (κ3) is 3.35. The maximum absolute atomic E-state index is 12.1. The van der Waals surface area contributed by atoms with Crippen LogP contribution in [-0.2, 0) is 11.3 Å². The Morgan fingerprint density at radius 2 is 2.00 bits per heavy atom. The number of nitrogens with zero attached hydrogens (tertiary/aromatic N) is 2. The molecule has 0 spiro atoms. The summed E-state index contributed by atoms with van der Waals surface area (Å²) in [5, 5.41) is 11.0. The number of hydrogen-bond donors (Lipinski definition) is 1. The Balaban J connectivity index is 1.60. The Kier molecular flexibility index (Phi) is 4.51. The van der Waals surface area contributed by atoms with Crippen molar-refractivity contribution in [2.45, 2.75) is 45.6 Å². The van der Waals surface area contributed by atoms with Gasteiger partial charge in [0.1, 0.15) is 0 Å². The summed E-state index contributed by atoms with van der Waals surface area (Å²) in [7, 11) is 0. The summed E-state index contributed by atoms with van der Waals surface area (Å²) in [6.45, 7) is 2.30. The highest BCUT2D eigenvalue weighted by Crippen LogP contribution is 2.24. The Morgan fingerprint density at radius 1 is 1.23 bits per heavy atom. The lowest BCUT2D eigenvalue weighted by Gasteiger charge is -2.20. The molecule has 0 radical (unpaired) electrons. The van der Waals surface area contributed by atoms with Gasteiger partial charge in [-0.05, 0) is 31.4 Å². The third-order valence-electron chi connectivity index (χ3n) is 4.23. The molecule has 1 heterocycles. The maximum Gasteiger partial charge on any atom is 0.248 e. The molecule has 0 saturated heterocycles. The Bertz CT molecular complexity index is 645. The molecule has 22 heavy (non-hydrogen) atoms. The molecule has 5 nitrogen and oxygen atoms in total. The highest BCUT2D eigenvalue weighted by atomic mass is 16.4. The van der Waals surface area contributed by atoms with Crippen LogP contribution in [0.4, 0.5) is 0 Å². The first kappa shape index (κ1) is 14.8. The largest absolute Gasteiger partial charge is 0.419 e. The molecule has 3 rings (SSSR count). The van der Waals surface area contributed by atoms with Crippen LogP contribution >= 0.6 is 0 Å². The lowest BCUT2D eigenvalue weighted by atomic mass is 9.89. The van der Waals surface area contributed by atoms with E-state index in [0.717, 1.165) is 36.8 Å². The molecule has 1 aromatic carbocycles. The van der Waals surface area contributed by atoms with Gasteiger partial charge in [-0.25, -0.2) is 0 Å². The Morgan fingerprint density at radius 3 is 2.77 bits per heavy atom. The van der Waals surface area contributed by atoms with Crippen molar-refractivity contribution >= 4 is 5.91 Å². The van der Waals surface area contributed by atoms with E-state index in [-0.39, 0.29) is 11.8 Å². The Hall–Kier alpha value is -2.17. The summed E-state index contributed by atoms with van der Waals surface area (Å²) >= 11 is 0. The zero-order valence-electron chi connectivity index (χ0n) is 12.8. The zero-order chi connectivity index (χ0) is 15.4. The number of rotatable bonds is 4. The van der Waals surface area contributed by atoms with Gasteiger partial charge in [0.25, 0.3) is 0 Å². The van der Waals surface area contributed by atoms with E-state index < -0.39 is 0 Å². The van der Waals surface area contributed by atoms with Crippen LogP contribution in [0.15, 0.2) is 28.7 Å². The van der Waals surface area contributed by atoms with Crippen molar-refractivity contribution in [3.05, 3.63) is 35.7 Å². The van der Waals surface area contributed by atoms with Gasteiger partial charge in [-0.1, -0.05) is 37.5 Å². The van der Waals surface area contributed by atoms with Crippen molar-refractivity contribution in [2.24, 2.45) is 5.92 Å². The molecule has 1 aliphatic carbocycles. The van der Waals surface area contributed by atoms with Gasteiger partial charge in [0.15, 0.2) is 0 Å². The standard InChI is InChI=1S/C17H21N3O2/c1-12-7-5-6-10-14(12)17-20-19-15(22-17)11-18-16(21)13-8-3-2-4-9-13/h5-7,10,13H,2-4,8-9,11H2,1H3,(H,18,21). The molecule has 116 valence electrons. The van der Waals surface area contributed by atoms with Gasteiger partial charge in [-0.3, -0.25) is 4.79 Å². The molecule has 1 aliphatic rings. The van der Waals surface area contributed by atoms with E-state index in [1.54, 1.807) is 0 Å². The molecular formula is C17H21N3O2. The summed E-state index contributed by atoms with van der Waals surface area (Å²) in [6.07, 6.45) is 5.52. The second kappa shape index (κ2) is 6.73. The van der Waals surface area contributed by atoms with Gasteiger partial charge in [0, 0.05) is 11.5 Å². The first-order chi connectivity index (χ1) is 10.7. The number of nitrogens with one attached hydrogen (secondary N) is 1. The van der Waals surface area contributed by atoms with Crippen molar-refractivity contribution in [3.8, 4) is 11.5 Å². The van der Waals surface area contributed by atoms with Crippen LogP contribution in [-0.4, -0.2) is 16.1 Å². The van der Waals surface area contributed by atoms with E-state index in [0.29, 0.717) is 18.3 Å². The van der Waals surface area contributed by atoms with Crippen molar-refractivity contribution in [1.82, 2.24) is 15.5 Å². The average Bonchev–Trinajstić information content (AvgIpc) is 3.02. The van der Waals surface area contributed by atoms with E-state index in [1.165, 1.54) is 6.42 Å². The summed E-state index contributed by atoms with van der Waals surface area (Å²) in [5.41, 5.74) is 2.02. The van der Waals surface area contributed by atoms with Crippen LogP contribution in [0.1, 0.15) is 43.6 Å². The number of aromatic nitrogens is 2. The number of carbonyl (C=O) groups excluding carboxylic acids is 1. The van der Waals surface area contributed by atoms with E-state index in [9.17, 15) is 4.79 Å². The predicted molar refractivity (Wildman–Crippen MR) is 82.9 cm³/mol. The highest BCUT2D eigenvalue weighted by molar-refractivity contribution is 5.78. The summed E-state index contributed by atoms with van der Waals surface area (Å²) in [4.78, 5) is 12.1. The van der Waals surface area contributed by atoms with Crippen molar-refractivity contribution in [1.29, 1.82) is 0 Å². The minimum Gasteiger partial charge on any atom is -0.419 e. The molecule has 0 unspecified atom stereocenters. The minimum absolute atomic E-state index is 0.107. The summed E-state index contributed by atoms with van der Waals surface area (Å²) < 4.78 is 5.65. The van der Waals surface area contributed by atoms with Crippen molar-refractivity contribution < 1.29 is 9.21 Å². The fourth-order valence-corrected chi connectivity index (χ4v) is 2.92. The Labute approximate surface area is 130 Å². The molecule has 2 aromatic rings. The molecule has 0 aliphatic heterocycles. The first-order valence-electron chi connectivity index (χ1n) is 7.90. The molecule has 1 saturated carbocycles. The van der Waals surface area contributed by atoms with Gasteiger partial charge in [0.2, 0.25) is 17.7 Å². The van der Waals surface area contributed by atoms with Crippen LogP contribution in [0.3, 0.4) is 0 Å². The van der Waals surface area contributed by atoms with Gasteiger partial charge >= 0.3 is 0 Å². The number of benzene rings is 1. The van der Waals surface area contributed by atoms with E-state index in [1.807, 2.05) is 31.2 Å². The fraction of sp³-hybridized carbons (Fsp3) is 0.471. The third-order valence-corrected chi connectivity index (χ3v) is 4.23. The molecule has 0 atom stereocenters. The molecule has 5 heteroatoms. The number of carbonyl (C=O) groups is 1. The van der Waals surface area contributed by atoms with Gasteiger partial charge in [-0.2, -0.15) is 0 Å². The van der Waals surface area contributed by atoms with Crippen LogP contribution in [0, 0.1) is 12.8 Å². The SMILES string of the molecule is Cc1ccccc1-c1nnc(CNC(=O)C2CCCCC2)o1. The van der Waals surface area contributed by atoms with Crippen LogP contribution in [0.2, 0.25) is 0 Å². The molecule has 1 N–H and O–H groups in total. The van der Waals surface area contributed by atoms with Gasteiger partial charge in [-0.15, -0.1) is 10.2 Å². The van der Waals surface area contributed by atoms with Gasteiger partial charge in [0.05, 0.1) is 6.54 Å². The fourth-order valence-electron chi connectivity index (χ4n) is 2.92. The van der Waals surface area contributed by atoms with E-state index >= 15 is 0 Å². The monoisotopic (exact) mass is 299 g/mol. The number of amides is 1. The highest BCUT2D eigenvalue weighted by Gasteiger charge is 2.21.